The molecule has 0 aliphatic rings. The molecule has 1 atom stereocenters. The van der Waals surface area contributed by atoms with Crippen LogP contribution >= 0.6 is 0 Å². The second-order valence-electron chi connectivity index (χ2n) is 4.81. The number of fused-ring (bicyclic) bond motifs is 1. The molecule has 0 aliphatic carbocycles. The van der Waals surface area contributed by atoms with Crippen molar-refractivity contribution in [3.8, 4) is 0 Å². The van der Waals surface area contributed by atoms with Crippen LogP contribution < -0.4 is 11.1 Å². The molecule has 0 fully saturated rings. The number of amides is 1. The number of carbonyl (C=O) groups is 1. The van der Waals surface area contributed by atoms with E-state index in [4.69, 9.17) is 5.73 Å². The van der Waals surface area contributed by atoms with E-state index in [1.165, 1.54) is 0 Å². The van der Waals surface area contributed by atoms with Crippen molar-refractivity contribution in [2.45, 2.75) is 39.3 Å². The maximum atomic E-state index is 11.7. The molecule has 5 nitrogen and oxygen atoms in total. The van der Waals surface area contributed by atoms with Crippen LogP contribution in [0.1, 0.15) is 26.7 Å². The number of carbonyl (C=O) groups excluding carboxylic acids is 1. The Bertz CT molecular complexity index is 576. The average molecular weight is 260 g/mol. The fourth-order valence-corrected chi connectivity index (χ4v) is 1.93. The summed E-state index contributed by atoms with van der Waals surface area (Å²) in [5.74, 6) is 0.0756. The van der Waals surface area contributed by atoms with Gasteiger partial charge in [-0.25, -0.2) is 4.98 Å². The first-order valence-corrected chi connectivity index (χ1v) is 6.60. The summed E-state index contributed by atoms with van der Waals surface area (Å²) in [6.07, 6.45) is 3.15. The molecule has 19 heavy (non-hydrogen) atoms. The molecule has 0 saturated carbocycles. The minimum atomic E-state index is 0.0756. The number of rotatable bonds is 5. The summed E-state index contributed by atoms with van der Waals surface area (Å²) in [5, 5.41) is 2.96. The third kappa shape index (κ3) is 3.24. The first-order chi connectivity index (χ1) is 9.10. The van der Waals surface area contributed by atoms with Gasteiger partial charge in [0.25, 0.3) is 0 Å². The fourth-order valence-electron chi connectivity index (χ4n) is 1.93. The van der Waals surface area contributed by atoms with E-state index >= 15 is 0 Å². The van der Waals surface area contributed by atoms with Gasteiger partial charge in [0.2, 0.25) is 5.91 Å². The lowest BCUT2D eigenvalue weighted by atomic mass is 10.2. The minimum absolute atomic E-state index is 0.0756. The van der Waals surface area contributed by atoms with E-state index in [1.54, 1.807) is 6.33 Å². The van der Waals surface area contributed by atoms with E-state index in [9.17, 15) is 4.79 Å². The Morgan fingerprint density at radius 3 is 3.05 bits per heavy atom. The van der Waals surface area contributed by atoms with Crippen LogP contribution in [-0.4, -0.2) is 21.5 Å². The summed E-state index contributed by atoms with van der Waals surface area (Å²) in [4.78, 5) is 16.0. The van der Waals surface area contributed by atoms with Crippen molar-refractivity contribution in [3.63, 3.8) is 0 Å². The molecule has 2 aromatic rings. The zero-order chi connectivity index (χ0) is 13.8. The molecule has 1 aromatic carbocycles. The van der Waals surface area contributed by atoms with Crippen molar-refractivity contribution in [2.75, 3.05) is 5.73 Å². The summed E-state index contributed by atoms with van der Waals surface area (Å²) in [6, 6.07) is 5.85. The maximum absolute atomic E-state index is 11.7. The summed E-state index contributed by atoms with van der Waals surface area (Å²) in [6.45, 7) is 4.69. The molecule has 102 valence electrons. The van der Waals surface area contributed by atoms with Crippen LogP contribution in [0.15, 0.2) is 24.5 Å². The summed E-state index contributed by atoms with van der Waals surface area (Å²) in [7, 11) is 0. The predicted molar refractivity (Wildman–Crippen MR) is 76.7 cm³/mol. The predicted octanol–water partition coefficient (Wildman–Crippen LogP) is 1.92. The van der Waals surface area contributed by atoms with Gasteiger partial charge >= 0.3 is 0 Å². The van der Waals surface area contributed by atoms with Crippen molar-refractivity contribution >= 4 is 22.6 Å². The molecular formula is C14H20N4O. The zero-order valence-corrected chi connectivity index (χ0v) is 11.4. The van der Waals surface area contributed by atoms with E-state index < -0.39 is 0 Å². The topological polar surface area (TPSA) is 72.9 Å². The molecular weight excluding hydrogens is 240 g/mol. The number of benzene rings is 1. The standard InChI is InChI=1S/C14H20N4O/c1-3-10(2)17-14(19)6-7-18-9-16-12-8-11(15)4-5-13(12)18/h4-5,8-10H,3,6-7,15H2,1-2H3,(H,17,19). The van der Waals surface area contributed by atoms with Gasteiger partial charge in [-0.15, -0.1) is 0 Å². The number of hydrogen-bond donors (Lipinski definition) is 2. The van der Waals surface area contributed by atoms with Crippen LogP contribution in [0.2, 0.25) is 0 Å². The molecule has 5 heteroatoms. The molecule has 1 aromatic heterocycles. The van der Waals surface area contributed by atoms with Gasteiger partial charge in [-0.05, 0) is 31.5 Å². The van der Waals surface area contributed by atoms with Gasteiger partial charge in [-0.1, -0.05) is 6.92 Å². The molecule has 1 amide bonds. The van der Waals surface area contributed by atoms with Gasteiger partial charge in [0, 0.05) is 24.7 Å². The number of nitrogens with one attached hydrogen (secondary N) is 1. The third-order valence-corrected chi connectivity index (χ3v) is 3.24. The number of aryl methyl sites for hydroxylation is 1. The van der Waals surface area contributed by atoms with Crippen LogP contribution in [0.4, 0.5) is 5.69 Å². The van der Waals surface area contributed by atoms with Gasteiger partial charge in [0.15, 0.2) is 0 Å². The van der Waals surface area contributed by atoms with Gasteiger partial charge in [-0.3, -0.25) is 4.79 Å². The van der Waals surface area contributed by atoms with Crippen molar-refractivity contribution in [2.24, 2.45) is 0 Å². The Morgan fingerprint density at radius 1 is 1.53 bits per heavy atom. The quantitative estimate of drug-likeness (QED) is 0.807. The van der Waals surface area contributed by atoms with Crippen LogP contribution in [0.5, 0.6) is 0 Å². The van der Waals surface area contributed by atoms with Gasteiger partial charge < -0.3 is 15.6 Å². The molecule has 0 bridgehead atoms. The van der Waals surface area contributed by atoms with Crippen LogP contribution in [0, 0.1) is 0 Å². The second-order valence-corrected chi connectivity index (χ2v) is 4.81. The number of aromatic nitrogens is 2. The Balaban J connectivity index is 2.00. The fraction of sp³-hybridized carbons (Fsp3) is 0.429. The average Bonchev–Trinajstić information content (AvgIpc) is 2.78. The molecule has 0 spiro atoms. The molecule has 0 aliphatic heterocycles. The summed E-state index contributed by atoms with van der Waals surface area (Å²) >= 11 is 0. The highest BCUT2D eigenvalue weighted by molar-refractivity contribution is 5.79. The Kier molecular flexibility index (Phi) is 4.04. The summed E-state index contributed by atoms with van der Waals surface area (Å²) < 4.78 is 1.98. The van der Waals surface area contributed by atoms with Crippen LogP contribution in [-0.2, 0) is 11.3 Å². The lowest BCUT2D eigenvalue weighted by molar-refractivity contribution is -0.121. The summed E-state index contributed by atoms with van der Waals surface area (Å²) in [5.41, 5.74) is 8.28. The zero-order valence-electron chi connectivity index (χ0n) is 11.4. The lowest BCUT2D eigenvalue weighted by Gasteiger charge is -2.11. The van der Waals surface area contributed by atoms with Gasteiger partial charge in [-0.2, -0.15) is 0 Å². The minimum Gasteiger partial charge on any atom is -0.399 e. The highest BCUT2D eigenvalue weighted by Gasteiger charge is 2.07. The van der Waals surface area contributed by atoms with Gasteiger partial charge in [0.1, 0.15) is 0 Å². The van der Waals surface area contributed by atoms with E-state index in [0.29, 0.717) is 18.7 Å². The molecule has 1 heterocycles. The van der Waals surface area contributed by atoms with Crippen molar-refractivity contribution < 1.29 is 4.79 Å². The first kappa shape index (κ1) is 13.4. The number of hydrogen-bond acceptors (Lipinski definition) is 3. The van der Waals surface area contributed by atoms with Crippen LogP contribution in [0.25, 0.3) is 11.0 Å². The first-order valence-electron chi connectivity index (χ1n) is 6.60. The number of nitrogen functional groups attached to an aromatic ring is 1. The van der Waals surface area contributed by atoms with E-state index in [0.717, 1.165) is 17.5 Å². The van der Waals surface area contributed by atoms with E-state index in [1.807, 2.05) is 29.7 Å². The molecule has 0 saturated heterocycles. The highest BCUT2D eigenvalue weighted by Crippen LogP contribution is 2.16. The van der Waals surface area contributed by atoms with Crippen molar-refractivity contribution in [3.05, 3.63) is 24.5 Å². The monoisotopic (exact) mass is 260 g/mol. The smallest absolute Gasteiger partial charge is 0.221 e. The molecule has 2 rings (SSSR count). The van der Waals surface area contributed by atoms with Gasteiger partial charge in [0.05, 0.1) is 17.4 Å². The number of nitrogens with two attached hydrogens (primary N) is 1. The normalized spacial score (nSPS) is 12.5. The lowest BCUT2D eigenvalue weighted by Crippen LogP contribution is -2.32. The third-order valence-electron chi connectivity index (χ3n) is 3.24. The molecule has 0 radical (unpaired) electrons. The number of anilines is 1. The van der Waals surface area contributed by atoms with E-state index in [-0.39, 0.29) is 11.9 Å². The SMILES string of the molecule is CCC(C)NC(=O)CCn1cnc2cc(N)ccc21. The number of imidazole rings is 1. The Morgan fingerprint density at radius 2 is 2.32 bits per heavy atom. The van der Waals surface area contributed by atoms with Crippen molar-refractivity contribution in [1.82, 2.24) is 14.9 Å². The number of nitrogens with zero attached hydrogens (tertiary/aromatic N) is 2. The molecule has 3 N–H and O–H groups in total. The maximum Gasteiger partial charge on any atom is 0.221 e. The molecule has 1 unspecified atom stereocenters. The largest absolute Gasteiger partial charge is 0.399 e. The highest BCUT2D eigenvalue weighted by atomic mass is 16.1. The van der Waals surface area contributed by atoms with Crippen LogP contribution in [0.3, 0.4) is 0 Å². The second kappa shape index (κ2) is 5.73. The Hall–Kier alpha value is -2.04. The van der Waals surface area contributed by atoms with Crippen molar-refractivity contribution in [1.29, 1.82) is 0 Å². The Labute approximate surface area is 112 Å². The van der Waals surface area contributed by atoms with E-state index in [2.05, 4.69) is 17.2 Å².